The minimum atomic E-state index is -0.134. The van der Waals surface area contributed by atoms with Crippen LogP contribution in [0.4, 0.5) is 5.69 Å². The monoisotopic (exact) mass is 380 g/mol. The normalized spacial score (nSPS) is 11.0. The summed E-state index contributed by atoms with van der Waals surface area (Å²) < 4.78 is 2.13. The van der Waals surface area contributed by atoms with Gasteiger partial charge in [0.05, 0.1) is 4.88 Å². The summed E-state index contributed by atoms with van der Waals surface area (Å²) >= 11 is 3.08. The number of nitrogens with one attached hydrogen (secondary N) is 1. The number of fused-ring (bicyclic) bond motifs is 2. The molecule has 0 unspecified atom stereocenters. The van der Waals surface area contributed by atoms with E-state index in [0.717, 1.165) is 25.9 Å². The number of nitrogens with zero attached hydrogens (tertiary/aromatic N) is 1. The molecule has 2 amide bonds. The van der Waals surface area contributed by atoms with Crippen LogP contribution in [0.15, 0.2) is 53.9 Å². The van der Waals surface area contributed by atoms with Crippen molar-refractivity contribution in [2.45, 2.75) is 0 Å². The molecule has 4 aromatic rings. The fourth-order valence-electron chi connectivity index (χ4n) is 2.83. The molecule has 0 spiro atoms. The zero-order valence-electron chi connectivity index (χ0n) is 14.3. The van der Waals surface area contributed by atoms with Gasteiger partial charge in [0.25, 0.3) is 11.8 Å². The van der Waals surface area contributed by atoms with Crippen LogP contribution in [-0.2, 0) is 0 Å². The van der Waals surface area contributed by atoms with Crippen LogP contribution in [0.2, 0.25) is 0 Å². The highest BCUT2D eigenvalue weighted by Crippen LogP contribution is 2.30. The summed E-state index contributed by atoms with van der Waals surface area (Å²) in [5.41, 5.74) is 1.44. The second-order valence-corrected chi connectivity index (χ2v) is 8.19. The van der Waals surface area contributed by atoms with E-state index >= 15 is 0 Å². The van der Waals surface area contributed by atoms with Crippen molar-refractivity contribution >= 4 is 60.3 Å². The Labute approximate surface area is 158 Å². The maximum absolute atomic E-state index is 12.7. The summed E-state index contributed by atoms with van der Waals surface area (Å²) in [7, 11) is 3.45. The maximum atomic E-state index is 12.7. The molecule has 4 nitrogen and oxygen atoms in total. The van der Waals surface area contributed by atoms with Gasteiger partial charge in [-0.05, 0) is 53.2 Å². The van der Waals surface area contributed by atoms with Crippen molar-refractivity contribution in [3.63, 3.8) is 0 Å². The lowest BCUT2D eigenvalue weighted by atomic mass is 10.1. The van der Waals surface area contributed by atoms with Crippen molar-refractivity contribution in [2.75, 3.05) is 19.4 Å². The molecule has 2 aromatic heterocycles. The quantitative estimate of drug-likeness (QED) is 0.539. The van der Waals surface area contributed by atoms with Crippen LogP contribution in [0.3, 0.4) is 0 Å². The van der Waals surface area contributed by atoms with Crippen LogP contribution in [0, 0.1) is 0 Å². The summed E-state index contributed by atoms with van der Waals surface area (Å²) in [4.78, 5) is 27.0. The van der Waals surface area contributed by atoms with Gasteiger partial charge in [-0.3, -0.25) is 9.59 Å². The fraction of sp³-hybridized carbons (Fsp3) is 0.100. The van der Waals surface area contributed by atoms with Crippen molar-refractivity contribution < 1.29 is 9.59 Å². The molecule has 0 saturated carbocycles. The average molecular weight is 380 g/mol. The minimum absolute atomic E-state index is 0.0479. The Morgan fingerprint density at radius 1 is 1.00 bits per heavy atom. The van der Waals surface area contributed by atoms with Gasteiger partial charge in [-0.2, -0.15) is 0 Å². The predicted molar refractivity (Wildman–Crippen MR) is 110 cm³/mol. The number of carbonyl (C=O) groups is 2. The zero-order valence-corrected chi connectivity index (χ0v) is 15.9. The van der Waals surface area contributed by atoms with E-state index in [1.54, 1.807) is 36.4 Å². The van der Waals surface area contributed by atoms with Gasteiger partial charge >= 0.3 is 0 Å². The summed E-state index contributed by atoms with van der Waals surface area (Å²) in [5, 5.41) is 6.98. The van der Waals surface area contributed by atoms with E-state index < -0.39 is 0 Å². The molecule has 2 aromatic carbocycles. The summed E-state index contributed by atoms with van der Waals surface area (Å²) in [6, 6.07) is 15.3. The molecule has 0 atom stereocenters. The first-order valence-electron chi connectivity index (χ1n) is 8.06. The molecule has 0 saturated heterocycles. The number of thiophene rings is 2. The summed E-state index contributed by atoms with van der Waals surface area (Å²) in [6.45, 7) is 0. The molecule has 26 heavy (non-hydrogen) atoms. The highest BCUT2D eigenvalue weighted by atomic mass is 32.1. The smallest absolute Gasteiger partial charge is 0.265 e. The molecule has 1 N–H and O–H groups in total. The minimum Gasteiger partial charge on any atom is -0.345 e. The molecular weight excluding hydrogens is 364 g/mol. The second-order valence-electron chi connectivity index (χ2n) is 6.15. The Morgan fingerprint density at radius 3 is 2.65 bits per heavy atom. The molecule has 2 heterocycles. The first-order valence-corrected chi connectivity index (χ1v) is 9.75. The molecule has 0 aliphatic carbocycles. The third kappa shape index (κ3) is 2.98. The van der Waals surface area contributed by atoms with E-state index in [4.69, 9.17) is 0 Å². The van der Waals surface area contributed by atoms with Crippen molar-refractivity contribution in [3.05, 3.63) is 64.4 Å². The lowest BCUT2D eigenvalue weighted by molar-refractivity contribution is 0.0827. The first-order chi connectivity index (χ1) is 12.5. The average Bonchev–Trinajstić information content (AvgIpc) is 3.27. The lowest BCUT2D eigenvalue weighted by Gasteiger charge is -2.09. The van der Waals surface area contributed by atoms with Crippen molar-refractivity contribution in [1.29, 1.82) is 0 Å². The van der Waals surface area contributed by atoms with Gasteiger partial charge in [0.15, 0.2) is 0 Å². The number of rotatable bonds is 3. The summed E-state index contributed by atoms with van der Waals surface area (Å²) in [6.07, 6.45) is 0. The van der Waals surface area contributed by atoms with Crippen LogP contribution in [0.25, 0.3) is 20.2 Å². The molecule has 4 rings (SSSR count). The van der Waals surface area contributed by atoms with Crippen molar-refractivity contribution in [1.82, 2.24) is 4.90 Å². The molecular formula is C20H16N2O2S2. The van der Waals surface area contributed by atoms with Crippen molar-refractivity contribution in [3.8, 4) is 0 Å². The molecule has 0 bridgehead atoms. The summed E-state index contributed by atoms with van der Waals surface area (Å²) in [5.74, 6) is -0.182. The Bertz CT molecular complexity index is 1140. The first kappa shape index (κ1) is 16.8. The van der Waals surface area contributed by atoms with E-state index in [0.29, 0.717) is 10.4 Å². The number of amides is 2. The van der Waals surface area contributed by atoms with E-state index in [9.17, 15) is 9.59 Å². The Morgan fingerprint density at radius 2 is 1.85 bits per heavy atom. The predicted octanol–water partition coefficient (Wildman–Crippen LogP) is 5.07. The van der Waals surface area contributed by atoms with Crippen LogP contribution < -0.4 is 5.32 Å². The standard InChI is InChI=1S/C20H16N2O2S2/c1-22(2)20(24)12-6-7-16-13(10-12)11-18(26-16)19(23)21-15-4-3-5-17-14(15)8-9-25-17/h3-11H,1-2H3,(H,21,23). The molecule has 0 fully saturated rings. The molecule has 6 heteroatoms. The van der Waals surface area contributed by atoms with Gasteiger partial charge < -0.3 is 10.2 Å². The Balaban J connectivity index is 1.65. The maximum Gasteiger partial charge on any atom is 0.265 e. The number of hydrogen-bond acceptors (Lipinski definition) is 4. The molecule has 0 aliphatic rings. The van der Waals surface area contributed by atoms with Gasteiger partial charge in [0.2, 0.25) is 0 Å². The van der Waals surface area contributed by atoms with E-state index in [1.807, 2.05) is 47.8 Å². The van der Waals surface area contributed by atoms with Gasteiger partial charge in [0, 0.05) is 40.1 Å². The van der Waals surface area contributed by atoms with E-state index in [-0.39, 0.29) is 11.8 Å². The Hall–Kier alpha value is -2.70. The van der Waals surface area contributed by atoms with Crippen LogP contribution in [0.1, 0.15) is 20.0 Å². The highest BCUT2D eigenvalue weighted by Gasteiger charge is 2.14. The second kappa shape index (κ2) is 6.55. The SMILES string of the molecule is CN(C)C(=O)c1ccc2sc(C(=O)Nc3cccc4sccc34)cc2c1. The van der Waals surface area contributed by atoms with Crippen molar-refractivity contribution in [2.24, 2.45) is 0 Å². The van der Waals surface area contributed by atoms with Gasteiger partial charge in [0.1, 0.15) is 0 Å². The fourth-order valence-corrected chi connectivity index (χ4v) is 4.58. The van der Waals surface area contributed by atoms with Crippen LogP contribution in [0.5, 0.6) is 0 Å². The zero-order chi connectivity index (χ0) is 18.3. The van der Waals surface area contributed by atoms with E-state index in [1.165, 1.54) is 11.3 Å². The third-order valence-electron chi connectivity index (χ3n) is 4.14. The molecule has 0 aliphatic heterocycles. The number of anilines is 1. The van der Waals surface area contributed by atoms with Crippen LogP contribution >= 0.6 is 22.7 Å². The van der Waals surface area contributed by atoms with Crippen LogP contribution in [-0.4, -0.2) is 30.8 Å². The number of carbonyl (C=O) groups excluding carboxylic acids is 2. The van der Waals surface area contributed by atoms with Gasteiger partial charge in [-0.25, -0.2) is 0 Å². The highest BCUT2D eigenvalue weighted by molar-refractivity contribution is 7.21. The van der Waals surface area contributed by atoms with Gasteiger partial charge in [-0.15, -0.1) is 22.7 Å². The number of hydrogen-bond donors (Lipinski definition) is 1. The topological polar surface area (TPSA) is 49.4 Å². The lowest BCUT2D eigenvalue weighted by Crippen LogP contribution is -2.21. The van der Waals surface area contributed by atoms with E-state index in [2.05, 4.69) is 5.32 Å². The largest absolute Gasteiger partial charge is 0.345 e. The Kier molecular flexibility index (Phi) is 4.22. The number of benzene rings is 2. The molecule has 0 radical (unpaired) electrons. The van der Waals surface area contributed by atoms with Gasteiger partial charge in [-0.1, -0.05) is 6.07 Å². The molecule has 130 valence electrons. The third-order valence-corrected chi connectivity index (χ3v) is 6.13.